The number of aliphatic imine (C=N–C) groups is 2. The molecule has 5 nitrogen and oxygen atoms in total. The Kier molecular flexibility index (Phi) is 5.84. The molecule has 1 aliphatic rings. The van der Waals surface area contributed by atoms with Crippen molar-refractivity contribution in [2.24, 2.45) is 20.8 Å². The van der Waals surface area contributed by atoms with E-state index in [9.17, 15) is 0 Å². The summed E-state index contributed by atoms with van der Waals surface area (Å²) in [5.74, 6) is 0.410. The maximum absolute atomic E-state index is 6.06. The highest BCUT2D eigenvalue weighted by Crippen LogP contribution is 2.21. The van der Waals surface area contributed by atoms with E-state index in [0.29, 0.717) is 5.84 Å². The first kappa shape index (κ1) is 18.1. The molecule has 0 unspecified atom stereocenters. The number of benzene rings is 1. The molecule has 2 rings (SSSR count). The van der Waals surface area contributed by atoms with E-state index in [1.54, 1.807) is 13.2 Å². The summed E-state index contributed by atoms with van der Waals surface area (Å²) < 4.78 is 0. The number of rotatable bonds is 5. The Hall–Kier alpha value is -3.21. The Balaban J connectivity index is 2.36. The number of hydrogen-bond donors (Lipinski definition) is 2. The van der Waals surface area contributed by atoms with Gasteiger partial charge in [-0.05, 0) is 43.4 Å². The number of nitrogens with one attached hydrogen (secondary N) is 1. The SMILES string of the molecule is C=N/C=C\C(C)=C/c1ccc(/C(=N/C)C2=C(C)C(=C)NN=C2N)cc1. The number of hydrazone groups is 1. The van der Waals surface area contributed by atoms with Crippen LogP contribution < -0.4 is 11.2 Å². The van der Waals surface area contributed by atoms with Crippen LogP contribution in [-0.4, -0.2) is 25.3 Å². The summed E-state index contributed by atoms with van der Waals surface area (Å²) >= 11 is 0. The second-order valence-corrected chi connectivity index (χ2v) is 5.67. The zero-order chi connectivity index (χ0) is 18.4. The number of nitrogens with two attached hydrogens (primary N) is 1. The maximum atomic E-state index is 6.06. The molecule has 0 radical (unpaired) electrons. The van der Waals surface area contributed by atoms with Crippen LogP contribution >= 0.6 is 0 Å². The maximum Gasteiger partial charge on any atom is 0.153 e. The molecular weight excluding hydrogens is 310 g/mol. The van der Waals surface area contributed by atoms with Crippen LogP contribution in [0.15, 0.2) is 80.6 Å². The molecule has 0 amide bonds. The third-order valence-corrected chi connectivity index (χ3v) is 3.88. The van der Waals surface area contributed by atoms with Crippen LogP contribution in [0.2, 0.25) is 0 Å². The van der Waals surface area contributed by atoms with Crippen molar-refractivity contribution in [1.29, 1.82) is 0 Å². The Morgan fingerprint density at radius 1 is 1.28 bits per heavy atom. The second kappa shape index (κ2) is 8.06. The first-order valence-corrected chi connectivity index (χ1v) is 7.86. The fourth-order valence-corrected chi connectivity index (χ4v) is 2.51. The number of nitrogens with zero attached hydrogens (tertiary/aromatic N) is 3. The molecule has 1 aliphatic heterocycles. The van der Waals surface area contributed by atoms with Gasteiger partial charge in [0.15, 0.2) is 5.84 Å². The van der Waals surface area contributed by atoms with Gasteiger partial charge in [-0.1, -0.05) is 36.9 Å². The summed E-state index contributed by atoms with van der Waals surface area (Å²) in [4.78, 5) is 8.14. The fourth-order valence-electron chi connectivity index (χ4n) is 2.51. The van der Waals surface area contributed by atoms with Gasteiger partial charge in [0.05, 0.1) is 11.4 Å². The number of hydrogen-bond acceptors (Lipinski definition) is 5. The smallest absolute Gasteiger partial charge is 0.153 e. The van der Waals surface area contributed by atoms with Crippen molar-refractivity contribution in [2.75, 3.05) is 7.05 Å². The molecule has 25 heavy (non-hydrogen) atoms. The summed E-state index contributed by atoms with van der Waals surface area (Å²) in [6.07, 6.45) is 5.65. The number of allylic oxidation sites excluding steroid dienone is 3. The average molecular weight is 333 g/mol. The molecule has 128 valence electrons. The fraction of sp³-hybridized carbons (Fsp3) is 0.150. The molecule has 0 spiro atoms. The van der Waals surface area contributed by atoms with E-state index in [4.69, 9.17) is 5.73 Å². The lowest BCUT2D eigenvalue weighted by Gasteiger charge is -2.20. The van der Waals surface area contributed by atoms with Gasteiger partial charge in [0.1, 0.15) is 0 Å². The topological polar surface area (TPSA) is 75.1 Å². The average Bonchev–Trinajstić information content (AvgIpc) is 2.61. The standard InChI is InChI=1S/C20H23N5/c1-13(10-11-22-4)12-16-6-8-17(9-7-16)19(23-5)18-14(2)15(3)24-25-20(18)21/h6-12,24H,3-4H2,1-2,5H3,(H2,21,25)/b11-10-,13-12-,23-19-. The lowest BCUT2D eigenvalue weighted by atomic mass is 9.94. The molecule has 0 bridgehead atoms. The van der Waals surface area contributed by atoms with Gasteiger partial charge in [0, 0.05) is 24.4 Å². The van der Waals surface area contributed by atoms with Crippen LogP contribution in [0.5, 0.6) is 0 Å². The van der Waals surface area contributed by atoms with E-state index < -0.39 is 0 Å². The predicted molar refractivity (Wildman–Crippen MR) is 108 cm³/mol. The summed E-state index contributed by atoms with van der Waals surface area (Å²) in [7, 11) is 1.75. The van der Waals surface area contributed by atoms with Crippen LogP contribution in [0.25, 0.3) is 6.08 Å². The van der Waals surface area contributed by atoms with E-state index >= 15 is 0 Å². The molecule has 1 aromatic rings. The van der Waals surface area contributed by atoms with Crippen molar-refractivity contribution in [1.82, 2.24) is 5.43 Å². The van der Waals surface area contributed by atoms with Gasteiger partial charge < -0.3 is 5.73 Å². The first-order chi connectivity index (χ1) is 12.0. The van der Waals surface area contributed by atoms with Gasteiger partial charge in [0.25, 0.3) is 0 Å². The van der Waals surface area contributed by atoms with Crippen LogP contribution in [0, 0.1) is 0 Å². The Labute approximate surface area is 148 Å². The molecule has 5 heteroatoms. The molecule has 0 saturated heterocycles. The van der Waals surface area contributed by atoms with Gasteiger partial charge in [0.2, 0.25) is 0 Å². The zero-order valence-electron chi connectivity index (χ0n) is 14.9. The highest BCUT2D eigenvalue weighted by molar-refractivity contribution is 6.30. The predicted octanol–water partition coefficient (Wildman–Crippen LogP) is 3.43. The third kappa shape index (κ3) is 4.20. The lowest BCUT2D eigenvalue weighted by Crippen LogP contribution is -2.31. The van der Waals surface area contributed by atoms with Crippen molar-refractivity contribution >= 4 is 24.3 Å². The van der Waals surface area contributed by atoms with Crippen molar-refractivity contribution in [3.05, 3.63) is 76.7 Å². The minimum atomic E-state index is 0.410. The Morgan fingerprint density at radius 3 is 2.56 bits per heavy atom. The summed E-state index contributed by atoms with van der Waals surface area (Å²) in [6, 6.07) is 8.13. The lowest BCUT2D eigenvalue weighted by molar-refractivity contribution is 0.882. The first-order valence-electron chi connectivity index (χ1n) is 7.86. The largest absolute Gasteiger partial charge is 0.382 e. The third-order valence-electron chi connectivity index (χ3n) is 3.88. The van der Waals surface area contributed by atoms with E-state index in [1.807, 2.05) is 44.2 Å². The molecule has 0 aliphatic carbocycles. The minimum Gasteiger partial charge on any atom is -0.382 e. The van der Waals surface area contributed by atoms with Crippen LogP contribution in [0.4, 0.5) is 0 Å². The van der Waals surface area contributed by atoms with Crippen molar-refractivity contribution in [3.63, 3.8) is 0 Å². The molecule has 1 heterocycles. The van der Waals surface area contributed by atoms with Crippen LogP contribution in [0.3, 0.4) is 0 Å². The highest BCUT2D eigenvalue weighted by atomic mass is 15.3. The molecule has 0 atom stereocenters. The summed E-state index contributed by atoms with van der Waals surface area (Å²) in [5.41, 5.74) is 15.3. The number of amidine groups is 1. The molecule has 0 aromatic heterocycles. The van der Waals surface area contributed by atoms with Gasteiger partial charge in [-0.3, -0.25) is 15.4 Å². The van der Waals surface area contributed by atoms with Gasteiger partial charge in [-0.25, -0.2) is 0 Å². The highest BCUT2D eigenvalue weighted by Gasteiger charge is 2.21. The van der Waals surface area contributed by atoms with E-state index in [-0.39, 0.29) is 0 Å². The molecular formula is C20H23N5. The molecule has 0 saturated carbocycles. The normalized spacial score (nSPS) is 16.1. The van der Waals surface area contributed by atoms with E-state index in [0.717, 1.165) is 39.3 Å². The van der Waals surface area contributed by atoms with Crippen molar-refractivity contribution in [3.8, 4) is 0 Å². The Morgan fingerprint density at radius 2 is 1.96 bits per heavy atom. The molecule has 3 N–H and O–H groups in total. The van der Waals surface area contributed by atoms with Crippen LogP contribution in [-0.2, 0) is 0 Å². The van der Waals surface area contributed by atoms with E-state index in [2.05, 4.69) is 39.9 Å². The quantitative estimate of drug-likeness (QED) is 0.640. The van der Waals surface area contributed by atoms with Crippen molar-refractivity contribution in [2.45, 2.75) is 13.8 Å². The van der Waals surface area contributed by atoms with Gasteiger partial charge >= 0.3 is 0 Å². The van der Waals surface area contributed by atoms with E-state index in [1.165, 1.54) is 0 Å². The van der Waals surface area contributed by atoms with Crippen molar-refractivity contribution < 1.29 is 0 Å². The minimum absolute atomic E-state index is 0.410. The van der Waals surface area contributed by atoms with Gasteiger partial charge in [-0.15, -0.1) is 0 Å². The zero-order valence-corrected chi connectivity index (χ0v) is 14.9. The monoisotopic (exact) mass is 333 g/mol. The van der Waals surface area contributed by atoms with Crippen LogP contribution in [0.1, 0.15) is 25.0 Å². The van der Waals surface area contributed by atoms with Gasteiger partial charge in [-0.2, -0.15) is 5.10 Å². The Bertz CT molecular complexity index is 833. The summed E-state index contributed by atoms with van der Waals surface area (Å²) in [5, 5.41) is 4.10. The summed E-state index contributed by atoms with van der Waals surface area (Å²) in [6.45, 7) is 11.3. The second-order valence-electron chi connectivity index (χ2n) is 5.67. The molecule has 1 aromatic carbocycles. The molecule has 0 fully saturated rings.